The molecule has 4 rings (SSSR count). The van der Waals surface area contributed by atoms with Crippen LogP contribution in [0.5, 0.6) is 0 Å². The molecule has 3 heterocycles. The van der Waals surface area contributed by atoms with E-state index in [4.69, 9.17) is 16.1 Å². The normalized spacial score (nSPS) is 25.1. The quantitative estimate of drug-likeness (QED) is 0.574. The van der Waals surface area contributed by atoms with Gasteiger partial charge in [0.15, 0.2) is 5.96 Å². The summed E-state index contributed by atoms with van der Waals surface area (Å²) in [6, 6.07) is 9.23. The van der Waals surface area contributed by atoms with E-state index in [1.54, 1.807) is 0 Å². The molecular weight excluding hydrogens is 388 g/mol. The number of piperidine rings is 2. The number of hydrogen-bond donors (Lipinski definition) is 2. The number of halogens is 1. The molecule has 2 aliphatic heterocycles. The molecule has 2 atom stereocenters. The molecule has 2 N–H and O–H groups in total. The molecule has 0 spiro atoms. The molecule has 0 saturated carbocycles. The summed E-state index contributed by atoms with van der Waals surface area (Å²) < 4.78 is 5.38. The molecule has 0 amide bonds. The van der Waals surface area contributed by atoms with Gasteiger partial charge in [-0.2, -0.15) is 4.98 Å². The lowest BCUT2D eigenvalue weighted by Gasteiger charge is -2.47. The number of hydrogen-bond acceptors (Lipinski definition) is 5. The highest BCUT2D eigenvalue weighted by atomic mass is 35.5. The van der Waals surface area contributed by atoms with Crippen LogP contribution >= 0.6 is 11.6 Å². The molecule has 0 radical (unpaired) electrons. The third kappa shape index (κ3) is 4.90. The van der Waals surface area contributed by atoms with Crippen LogP contribution in [0.2, 0.25) is 5.02 Å². The Hall–Kier alpha value is -2.12. The SMILES string of the molecule is CCNC(=NCc1nc(-c2cccc(Cl)c2)no1)NC1CC2CCCC(C1)N2C. The van der Waals surface area contributed by atoms with Crippen LogP contribution in [-0.4, -0.2) is 52.7 Å². The zero-order chi connectivity index (χ0) is 20.2. The van der Waals surface area contributed by atoms with Gasteiger partial charge in [0, 0.05) is 35.3 Å². The van der Waals surface area contributed by atoms with Gasteiger partial charge in [-0.25, -0.2) is 4.99 Å². The molecule has 1 aromatic heterocycles. The molecule has 2 fully saturated rings. The summed E-state index contributed by atoms with van der Waals surface area (Å²) in [5.74, 6) is 1.82. The first-order valence-electron chi connectivity index (χ1n) is 10.5. The van der Waals surface area contributed by atoms with Gasteiger partial charge in [0.25, 0.3) is 0 Å². The molecule has 29 heavy (non-hydrogen) atoms. The lowest BCUT2D eigenvalue weighted by Crippen LogP contribution is -2.56. The van der Waals surface area contributed by atoms with Gasteiger partial charge in [0.1, 0.15) is 6.54 Å². The molecule has 2 aromatic rings. The summed E-state index contributed by atoms with van der Waals surface area (Å²) in [6.07, 6.45) is 6.28. The first-order valence-corrected chi connectivity index (χ1v) is 10.9. The van der Waals surface area contributed by atoms with Crippen molar-refractivity contribution in [3.63, 3.8) is 0 Å². The van der Waals surface area contributed by atoms with Crippen LogP contribution in [0.1, 0.15) is 44.9 Å². The third-order valence-electron chi connectivity index (χ3n) is 5.95. The average Bonchev–Trinajstić information content (AvgIpc) is 3.16. The molecule has 2 unspecified atom stereocenters. The second-order valence-corrected chi connectivity index (χ2v) is 8.37. The monoisotopic (exact) mass is 416 g/mol. The third-order valence-corrected chi connectivity index (χ3v) is 6.18. The average molecular weight is 417 g/mol. The minimum atomic E-state index is 0.336. The van der Waals surface area contributed by atoms with Crippen molar-refractivity contribution in [3.8, 4) is 11.4 Å². The maximum absolute atomic E-state index is 6.05. The van der Waals surface area contributed by atoms with E-state index in [9.17, 15) is 0 Å². The number of nitrogens with zero attached hydrogens (tertiary/aromatic N) is 4. The van der Waals surface area contributed by atoms with E-state index in [1.807, 2.05) is 24.3 Å². The zero-order valence-electron chi connectivity index (χ0n) is 17.1. The van der Waals surface area contributed by atoms with Crippen molar-refractivity contribution in [1.82, 2.24) is 25.7 Å². The molecular formula is C21H29ClN6O. The van der Waals surface area contributed by atoms with Crippen molar-refractivity contribution in [3.05, 3.63) is 35.2 Å². The van der Waals surface area contributed by atoms with Crippen LogP contribution in [0.25, 0.3) is 11.4 Å². The Balaban J connectivity index is 1.40. The van der Waals surface area contributed by atoms with Crippen molar-refractivity contribution in [2.45, 2.75) is 63.7 Å². The van der Waals surface area contributed by atoms with E-state index in [0.29, 0.717) is 41.4 Å². The Morgan fingerprint density at radius 2 is 2.10 bits per heavy atom. The van der Waals surface area contributed by atoms with Crippen molar-refractivity contribution >= 4 is 17.6 Å². The van der Waals surface area contributed by atoms with Gasteiger partial charge in [-0.15, -0.1) is 0 Å². The first-order chi connectivity index (χ1) is 14.1. The van der Waals surface area contributed by atoms with Crippen LogP contribution in [0, 0.1) is 0 Å². The van der Waals surface area contributed by atoms with Crippen molar-refractivity contribution in [2.75, 3.05) is 13.6 Å². The Kier molecular flexibility index (Phi) is 6.35. The van der Waals surface area contributed by atoms with Crippen molar-refractivity contribution in [2.24, 2.45) is 4.99 Å². The fourth-order valence-electron chi connectivity index (χ4n) is 4.46. The molecule has 2 bridgehead atoms. The molecule has 2 aliphatic rings. The van der Waals surface area contributed by atoms with E-state index in [-0.39, 0.29) is 0 Å². The fourth-order valence-corrected chi connectivity index (χ4v) is 4.65. The summed E-state index contributed by atoms with van der Waals surface area (Å²) >= 11 is 6.05. The Morgan fingerprint density at radius 3 is 2.83 bits per heavy atom. The zero-order valence-corrected chi connectivity index (χ0v) is 17.8. The van der Waals surface area contributed by atoms with Crippen LogP contribution in [0.3, 0.4) is 0 Å². The van der Waals surface area contributed by atoms with E-state index >= 15 is 0 Å². The number of nitrogens with one attached hydrogen (secondary N) is 2. The molecule has 7 nitrogen and oxygen atoms in total. The van der Waals surface area contributed by atoms with Gasteiger partial charge < -0.3 is 20.1 Å². The fraction of sp³-hybridized carbons (Fsp3) is 0.571. The minimum absolute atomic E-state index is 0.336. The molecule has 1 aromatic carbocycles. The Labute approximate surface area is 176 Å². The topological polar surface area (TPSA) is 78.6 Å². The lowest BCUT2D eigenvalue weighted by atomic mass is 9.82. The highest BCUT2D eigenvalue weighted by Gasteiger charge is 2.36. The van der Waals surface area contributed by atoms with Gasteiger partial charge in [0.05, 0.1) is 0 Å². The highest BCUT2D eigenvalue weighted by Crippen LogP contribution is 2.32. The summed E-state index contributed by atoms with van der Waals surface area (Å²) in [5, 5.41) is 11.7. The number of aliphatic imine (C=N–C) groups is 1. The summed E-state index contributed by atoms with van der Waals surface area (Å²) in [6.45, 7) is 3.22. The van der Waals surface area contributed by atoms with Gasteiger partial charge in [-0.05, 0) is 51.8 Å². The Morgan fingerprint density at radius 1 is 1.31 bits per heavy atom. The van der Waals surface area contributed by atoms with E-state index in [1.165, 1.54) is 19.3 Å². The summed E-state index contributed by atoms with van der Waals surface area (Å²) in [5.41, 5.74) is 0.833. The molecule has 156 valence electrons. The first kappa shape index (κ1) is 20.2. The number of guanidine groups is 1. The van der Waals surface area contributed by atoms with Gasteiger partial charge in [0.2, 0.25) is 11.7 Å². The molecule has 8 heteroatoms. The number of aromatic nitrogens is 2. The summed E-state index contributed by atoms with van der Waals surface area (Å²) in [7, 11) is 2.27. The smallest absolute Gasteiger partial charge is 0.248 e. The largest absolute Gasteiger partial charge is 0.357 e. The minimum Gasteiger partial charge on any atom is -0.357 e. The Bertz CT molecular complexity index is 839. The molecule has 2 saturated heterocycles. The summed E-state index contributed by atoms with van der Waals surface area (Å²) in [4.78, 5) is 11.7. The van der Waals surface area contributed by atoms with Gasteiger partial charge >= 0.3 is 0 Å². The van der Waals surface area contributed by atoms with Crippen LogP contribution < -0.4 is 10.6 Å². The number of benzene rings is 1. The second kappa shape index (κ2) is 9.13. The second-order valence-electron chi connectivity index (χ2n) is 7.93. The van der Waals surface area contributed by atoms with Gasteiger partial charge in [-0.1, -0.05) is 35.3 Å². The van der Waals surface area contributed by atoms with Gasteiger partial charge in [-0.3, -0.25) is 0 Å². The number of fused-ring (bicyclic) bond motifs is 2. The van der Waals surface area contributed by atoms with Crippen molar-refractivity contribution in [1.29, 1.82) is 0 Å². The molecule has 0 aliphatic carbocycles. The maximum atomic E-state index is 6.05. The predicted octanol–water partition coefficient (Wildman–Crippen LogP) is 3.46. The number of rotatable bonds is 5. The maximum Gasteiger partial charge on any atom is 0.248 e. The van der Waals surface area contributed by atoms with E-state index < -0.39 is 0 Å². The van der Waals surface area contributed by atoms with E-state index in [0.717, 1.165) is 30.9 Å². The van der Waals surface area contributed by atoms with Crippen LogP contribution in [0.4, 0.5) is 0 Å². The van der Waals surface area contributed by atoms with Crippen molar-refractivity contribution < 1.29 is 4.52 Å². The standard InChI is InChI=1S/C21H29ClN6O/c1-3-23-21(25-16-11-17-8-5-9-18(12-16)28(17)2)24-13-19-26-20(27-29-19)14-6-4-7-15(22)10-14/h4,6-7,10,16-18H,3,5,8-9,11-13H2,1-2H3,(H2,23,24,25). The van der Waals surface area contributed by atoms with Crippen LogP contribution in [-0.2, 0) is 6.54 Å². The van der Waals surface area contributed by atoms with Crippen LogP contribution in [0.15, 0.2) is 33.8 Å². The lowest BCUT2D eigenvalue weighted by molar-refractivity contribution is 0.0526. The van der Waals surface area contributed by atoms with E-state index in [2.05, 4.69) is 44.6 Å². The highest BCUT2D eigenvalue weighted by molar-refractivity contribution is 6.30. The predicted molar refractivity (Wildman–Crippen MR) is 115 cm³/mol.